The van der Waals surface area contributed by atoms with E-state index in [-0.39, 0.29) is 149 Å². The number of anilines is 3. The van der Waals surface area contributed by atoms with Crippen LogP contribution in [-0.4, -0.2) is 170 Å². The van der Waals surface area contributed by atoms with E-state index in [1.165, 1.54) is 125 Å². The Balaban J connectivity index is 0.000000220. The summed E-state index contributed by atoms with van der Waals surface area (Å²) in [4.78, 5) is 120. The van der Waals surface area contributed by atoms with E-state index < -0.39 is 105 Å². The second kappa shape index (κ2) is 41.0. The minimum absolute atomic E-state index is 0.00519. The van der Waals surface area contributed by atoms with Crippen molar-refractivity contribution >= 4 is 145 Å². The minimum Gasteiger partial charge on any atom is -0.540 e. The maximum atomic E-state index is 13.8. The SMILES string of the molecule is C=CS(=O)(=O)N(C)c1nc(C(=O)NCc2ccc(F)cc2)c(O[Si](C(C)C)(C(C)C)C(C)C)c2nc(/C=N/O)cnc12.C=CS(=O)(=O)N(C)c1nc(C(=O)NCc2ccc(F)cc2)c(O[Si](C(C)C)(C(C)C)C(C)C)c2nc(C=O)cnc12.C=Cc1cnc2c(N(C)S(=O)(=O)C=C)nc(C(=O)NCc3ccc(F)cc3)c(O)c2n1.Cc1cnc2c(n1)C(=O)OC2=O. The zero-order valence-corrected chi connectivity index (χ0v) is 76.2. The summed E-state index contributed by atoms with van der Waals surface area (Å²) in [5.41, 5.74) is 2.66. The Bertz CT molecular complexity index is 6220. The quantitative estimate of drug-likeness (QED) is 0.00512. The third kappa shape index (κ3) is 21.7. The number of hydrogen-bond donors (Lipinski definition) is 5. The number of oxime groups is 1. The van der Waals surface area contributed by atoms with Crippen molar-refractivity contribution in [2.24, 2.45) is 5.16 Å². The normalized spacial score (nSPS) is 12.2. The third-order valence-corrected chi connectivity index (χ3v) is 36.4. The van der Waals surface area contributed by atoms with Gasteiger partial charge in [-0.15, -0.1) is 0 Å². The molecule has 10 aromatic rings. The fraction of sp³-hybridized carbons (Fsp3) is 0.301. The highest BCUT2D eigenvalue weighted by atomic mass is 32.2. The van der Waals surface area contributed by atoms with Gasteiger partial charge in [-0.05, 0) is 99.3 Å². The molecule has 11 rings (SSSR count). The molecular weight excluding hydrogens is 1730 g/mol. The Morgan fingerprint density at radius 3 is 1.13 bits per heavy atom. The van der Waals surface area contributed by atoms with Crippen molar-refractivity contribution in [3.63, 3.8) is 0 Å². The zero-order chi connectivity index (χ0) is 93.6. The van der Waals surface area contributed by atoms with Crippen LogP contribution < -0.4 is 37.7 Å². The average Bonchev–Trinajstić information content (AvgIpc) is 0.931. The van der Waals surface area contributed by atoms with Crippen molar-refractivity contribution in [2.75, 3.05) is 34.1 Å². The van der Waals surface area contributed by atoms with Crippen LogP contribution in [-0.2, 0) is 54.4 Å². The van der Waals surface area contributed by atoms with Gasteiger partial charge >= 0.3 is 11.9 Å². The minimum atomic E-state index is -4.05. The molecule has 0 radical (unpaired) electrons. The van der Waals surface area contributed by atoms with Crippen LogP contribution in [0.25, 0.3) is 39.2 Å². The Morgan fingerprint density at radius 1 is 0.468 bits per heavy atom. The molecule has 43 heteroatoms. The molecular formula is C83H95F3N18O17S3Si2. The average molecular weight is 1830 g/mol. The summed E-state index contributed by atoms with van der Waals surface area (Å²) < 4.78 is 136. The van der Waals surface area contributed by atoms with Crippen molar-refractivity contribution in [3.05, 3.63) is 226 Å². The fourth-order valence-electron chi connectivity index (χ4n) is 14.1. The van der Waals surface area contributed by atoms with Gasteiger partial charge in [0.15, 0.2) is 69.5 Å². The van der Waals surface area contributed by atoms with E-state index >= 15 is 0 Å². The Morgan fingerprint density at radius 2 is 0.786 bits per heavy atom. The molecule has 0 saturated carbocycles. The van der Waals surface area contributed by atoms with Gasteiger partial charge in [-0.1, -0.05) is 151 Å². The first-order chi connectivity index (χ1) is 59.2. The number of rotatable bonds is 31. The topological polar surface area (TPSA) is 473 Å². The lowest BCUT2D eigenvalue weighted by Gasteiger charge is -2.42. The molecule has 7 aromatic heterocycles. The van der Waals surface area contributed by atoms with Gasteiger partial charge < -0.3 is 39.9 Å². The van der Waals surface area contributed by atoms with E-state index in [1.54, 1.807) is 6.92 Å². The van der Waals surface area contributed by atoms with E-state index in [0.717, 1.165) is 29.9 Å². The maximum Gasteiger partial charge on any atom is 0.367 e. The number of fused-ring (bicyclic) bond motifs is 4. The number of aryl methyl sites for hydroxylation is 1. The number of aromatic nitrogens is 11. The molecule has 1 aliphatic rings. The molecule has 0 fully saturated rings. The number of ether oxygens (including phenoxy) is 1. The summed E-state index contributed by atoms with van der Waals surface area (Å²) in [5, 5.41) is 33.2. The van der Waals surface area contributed by atoms with E-state index in [9.17, 15) is 72.3 Å². The zero-order valence-electron chi connectivity index (χ0n) is 71.7. The number of aromatic hydroxyl groups is 1. The van der Waals surface area contributed by atoms with Crippen molar-refractivity contribution in [2.45, 2.75) is 143 Å². The van der Waals surface area contributed by atoms with Crippen molar-refractivity contribution in [1.29, 1.82) is 0 Å². The standard InChI is InChI=1S/C28H37FN6O5SSi.C28H36FN5O5SSi.C20H18FN5O4S.C7H4N2O3/c1-9-41(38,39)35(8)27-24-23(33-22(15-30-24)16-32-37)26(40-42(17(2)3,18(4)5)19(6)7)25(34-27)28(36)31-14-20-10-12-21(29)13-11-20;1-9-40(37,38)34(8)27-24-23(32-22(16-35)15-30-24)26(39-41(17(2)3,18(4)5)19(6)7)25(33-27)28(36)31-14-20-10-12-21(29)13-11-20;1-4-14-11-22-16-15(24-14)18(27)17(25-19(16)26(3)31(29,30)5-2)20(28)23-10-12-6-8-13(21)9-7-12;1-3-2-8-4-5(9-3)7(11)12-6(4)10/h9-13,15-19,37H,1,14H2,2-8H3,(H,31,36);9-13,15-19H,1,14H2,2-8H3,(H,31,36);4-9,11,27H,1-2,10H2,3H3,(H,23,28);2H,1H3/b32-16+;;;. The van der Waals surface area contributed by atoms with Crippen LogP contribution in [0.3, 0.4) is 0 Å². The molecule has 0 saturated heterocycles. The lowest BCUT2D eigenvalue weighted by atomic mass is 10.2. The first-order valence-electron chi connectivity index (χ1n) is 38.7. The van der Waals surface area contributed by atoms with Crippen LogP contribution in [0.15, 0.2) is 145 Å². The summed E-state index contributed by atoms with van der Waals surface area (Å²) in [5.74, 6) is -5.87. The number of carbonyl (C=O) groups excluding carboxylic acids is 6. The molecule has 5 N–H and O–H groups in total. The van der Waals surface area contributed by atoms with Gasteiger partial charge in [-0.2, -0.15) is 0 Å². The molecule has 0 unspecified atom stereocenters. The number of hydrogen-bond acceptors (Lipinski definition) is 29. The van der Waals surface area contributed by atoms with Gasteiger partial charge in [-0.25, -0.2) is 103 Å². The van der Waals surface area contributed by atoms with Gasteiger partial charge in [0.1, 0.15) is 61.9 Å². The van der Waals surface area contributed by atoms with Crippen LogP contribution in [0.5, 0.6) is 17.2 Å². The van der Waals surface area contributed by atoms with Crippen molar-refractivity contribution < 1.29 is 91.1 Å². The van der Waals surface area contributed by atoms with E-state index in [2.05, 4.69) is 190 Å². The molecule has 3 amide bonds. The number of sulfonamides is 3. The molecule has 3 aromatic carbocycles. The molecule has 126 heavy (non-hydrogen) atoms. The summed E-state index contributed by atoms with van der Waals surface area (Å²) >= 11 is 0. The van der Waals surface area contributed by atoms with Gasteiger partial charge in [-0.3, -0.25) is 32.1 Å². The highest BCUT2D eigenvalue weighted by molar-refractivity contribution is 7.96. The monoisotopic (exact) mass is 1820 g/mol. The van der Waals surface area contributed by atoms with Crippen LogP contribution in [0.2, 0.25) is 33.2 Å². The van der Waals surface area contributed by atoms with Gasteiger partial charge in [0, 0.05) is 63.2 Å². The number of nitrogens with one attached hydrogen (secondary N) is 3. The molecule has 666 valence electrons. The predicted octanol–water partition coefficient (Wildman–Crippen LogP) is 13.2. The van der Waals surface area contributed by atoms with E-state index in [1.807, 2.05) is 0 Å². The largest absolute Gasteiger partial charge is 0.540 e. The Kier molecular flexibility index (Phi) is 32.0. The number of esters is 2. The van der Waals surface area contributed by atoms with Gasteiger partial charge in [0.05, 0.1) is 36.2 Å². The third-order valence-electron chi connectivity index (χ3n) is 20.3. The van der Waals surface area contributed by atoms with Gasteiger partial charge in [0.25, 0.3) is 64.4 Å². The van der Waals surface area contributed by atoms with Gasteiger partial charge in [0.2, 0.25) is 0 Å². The molecule has 35 nitrogen and oxygen atoms in total. The van der Waals surface area contributed by atoms with E-state index in [0.29, 0.717) is 39.8 Å². The smallest absolute Gasteiger partial charge is 0.367 e. The van der Waals surface area contributed by atoms with E-state index in [4.69, 9.17) is 14.1 Å². The number of cyclic esters (lactones) is 2. The summed E-state index contributed by atoms with van der Waals surface area (Å²) in [6.45, 7) is 40.2. The van der Waals surface area contributed by atoms with Crippen LogP contribution in [0.4, 0.5) is 30.6 Å². The first kappa shape index (κ1) is 98.2. The summed E-state index contributed by atoms with van der Waals surface area (Å²) in [6.07, 6.45) is 8.17. The predicted molar refractivity (Wildman–Crippen MR) is 474 cm³/mol. The Labute approximate surface area is 728 Å². The second-order valence-electron chi connectivity index (χ2n) is 30.1. The molecule has 1 aliphatic heterocycles. The molecule has 0 bridgehead atoms. The molecule has 8 heterocycles. The van der Waals surface area contributed by atoms with Crippen LogP contribution >= 0.6 is 0 Å². The second-order valence-corrected chi connectivity index (χ2v) is 46.6. The van der Waals surface area contributed by atoms with Crippen LogP contribution in [0.1, 0.15) is 180 Å². The summed E-state index contributed by atoms with van der Waals surface area (Å²) in [6, 6.07) is 16.7. The highest BCUT2D eigenvalue weighted by Crippen LogP contribution is 2.48. The number of aldehydes is 1. The maximum absolute atomic E-state index is 13.8. The lowest BCUT2D eigenvalue weighted by Crippen LogP contribution is -2.51. The number of pyridine rings is 3. The number of amides is 3. The summed E-state index contributed by atoms with van der Waals surface area (Å²) in [7, 11) is -13.8. The van der Waals surface area contributed by atoms with Crippen LogP contribution in [0, 0.1) is 24.4 Å². The molecule has 0 aliphatic carbocycles. The number of nitrogens with zero attached hydrogens (tertiary/aromatic N) is 15. The lowest BCUT2D eigenvalue weighted by molar-refractivity contribution is 0.0438. The molecule has 0 spiro atoms. The first-order valence-corrected chi connectivity index (χ1v) is 47.5. The number of halogens is 3. The fourth-order valence-corrected chi connectivity index (χ4v) is 26.3. The Hall–Kier alpha value is -13.3. The number of carbonyl (C=O) groups is 6. The molecule has 0 atom stereocenters. The number of benzene rings is 3. The van der Waals surface area contributed by atoms with Crippen molar-refractivity contribution in [1.82, 2.24) is 70.8 Å². The van der Waals surface area contributed by atoms with Crippen molar-refractivity contribution in [3.8, 4) is 17.2 Å². The highest BCUT2D eigenvalue weighted by Gasteiger charge is 2.50.